The van der Waals surface area contributed by atoms with E-state index in [0.29, 0.717) is 0 Å². The summed E-state index contributed by atoms with van der Waals surface area (Å²) >= 11 is 0. The van der Waals surface area contributed by atoms with Crippen LogP contribution in [0.1, 0.15) is 11.8 Å². The van der Waals surface area contributed by atoms with Crippen LogP contribution in [0.4, 0.5) is 14.6 Å². The molecule has 0 radical (unpaired) electrons. The van der Waals surface area contributed by atoms with Gasteiger partial charge in [0.2, 0.25) is 0 Å². The quantitative estimate of drug-likeness (QED) is 0.302. The van der Waals surface area contributed by atoms with Gasteiger partial charge >= 0.3 is 7.82 Å². The summed E-state index contributed by atoms with van der Waals surface area (Å²) in [5.74, 6) is -1.30. The highest BCUT2D eigenvalue weighted by molar-refractivity contribution is 7.46. The number of benzene rings is 1. The molecule has 172 valence electrons. The van der Waals surface area contributed by atoms with Crippen LogP contribution in [0.2, 0.25) is 0 Å². The number of hydrogen-bond donors (Lipinski definition) is 5. The predicted octanol–water partition coefficient (Wildman–Crippen LogP) is 0.445. The van der Waals surface area contributed by atoms with Gasteiger partial charge in [0, 0.05) is 12.1 Å². The average Bonchev–Trinajstić information content (AvgIpc) is 3.27. The number of rotatable bonds is 7. The van der Waals surface area contributed by atoms with Crippen LogP contribution in [-0.4, -0.2) is 64.4 Å². The maximum atomic E-state index is 13.9. The number of aliphatic hydroxyl groups is 2. The first-order valence-corrected chi connectivity index (χ1v) is 10.7. The summed E-state index contributed by atoms with van der Waals surface area (Å²) in [4.78, 5) is 29.9. The summed E-state index contributed by atoms with van der Waals surface area (Å²) in [6.07, 6.45) is -3.02. The Hall–Kier alpha value is -2.58. The van der Waals surface area contributed by atoms with Crippen LogP contribution in [-0.2, 0) is 20.4 Å². The van der Waals surface area contributed by atoms with Crippen molar-refractivity contribution in [2.24, 2.45) is 0 Å². The number of nitrogens with zero attached hydrogens (tertiary/aromatic N) is 4. The van der Waals surface area contributed by atoms with Crippen LogP contribution >= 0.6 is 7.82 Å². The molecule has 0 amide bonds. The summed E-state index contributed by atoms with van der Waals surface area (Å²) in [5.41, 5.74) is 0.179. The fraction of sp³-hybridized carbons (Fsp3) is 0.353. The number of imidazole rings is 1. The average molecular weight is 473 g/mol. The number of hydrogen-bond acceptors (Lipinski definition) is 9. The van der Waals surface area contributed by atoms with Crippen LogP contribution in [0.3, 0.4) is 0 Å². The molecular formula is C17H18F2N5O7P. The zero-order valence-electron chi connectivity index (χ0n) is 16.1. The second kappa shape index (κ2) is 8.75. The third-order valence-electron chi connectivity index (χ3n) is 4.87. The molecule has 4 atom stereocenters. The first-order chi connectivity index (χ1) is 15.2. The molecule has 0 saturated carbocycles. The molecule has 1 fully saturated rings. The Bertz CT molecular complexity index is 1160. The molecule has 5 N–H and O–H groups in total. The second-order valence-electron chi connectivity index (χ2n) is 6.93. The largest absolute Gasteiger partial charge is 0.469 e. The van der Waals surface area contributed by atoms with E-state index in [1.165, 1.54) is 17.0 Å². The molecule has 1 aromatic carbocycles. The van der Waals surface area contributed by atoms with Gasteiger partial charge in [-0.1, -0.05) is 6.07 Å². The van der Waals surface area contributed by atoms with Gasteiger partial charge in [-0.2, -0.15) is 0 Å². The second-order valence-corrected chi connectivity index (χ2v) is 8.17. The standard InChI is InChI=1S/C17H18F2N5O7P/c18-9-2-1-3-10(19)8(9)4-20-15-12-16(22-6-21-15)24(7-23-12)17-14(26)13(25)11(31-17)5-30-32(27,28)29/h1-3,6-7,11,13-14,17,25-26H,4-5H2,(H,20,21,22)(H2,27,28,29)/t11-,13-,14-,17-/m1/s1. The highest BCUT2D eigenvalue weighted by Gasteiger charge is 2.45. The molecule has 0 unspecified atom stereocenters. The molecular weight excluding hydrogens is 455 g/mol. The van der Waals surface area contributed by atoms with E-state index in [0.717, 1.165) is 18.5 Å². The molecule has 12 nitrogen and oxygen atoms in total. The number of aliphatic hydroxyl groups excluding tert-OH is 2. The molecule has 15 heteroatoms. The summed E-state index contributed by atoms with van der Waals surface area (Å²) in [6.45, 7) is -0.887. The first kappa shape index (κ1) is 22.6. The molecule has 1 aliphatic heterocycles. The Morgan fingerprint density at radius 1 is 1.16 bits per heavy atom. The maximum absolute atomic E-state index is 13.9. The zero-order chi connectivity index (χ0) is 23.0. The Morgan fingerprint density at radius 3 is 2.56 bits per heavy atom. The SMILES string of the molecule is O=P(O)(O)OC[C@H]1O[C@@H](n2cnc3c(NCc4c(F)cccc4F)ncnc32)[C@H](O)[C@@H]1O. The Morgan fingerprint density at radius 2 is 1.88 bits per heavy atom. The molecule has 0 bridgehead atoms. The fourth-order valence-corrected chi connectivity index (χ4v) is 3.65. The minimum Gasteiger partial charge on any atom is -0.387 e. The lowest BCUT2D eigenvalue weighted by Gasteiger charge is -2.16. The molecule has 32 heavy (non-hydrogen) atoms. The van der Waals surface area contributed by atoms with E-state index < -0.39 is 50.6 Å². The molecule has 1 aliphatic rings. The van der Waals surface area contributed by atoms with Crippen molar-refractivity contribution in [3.05, 3.63) is 48.1 Å². The highest BCUT2D eigenvalue weighted by Crippen LogP contribution is 2.39. The first-order valence-electron chi connectivity index (χ1n) is 9.21. The van der Waals surface area contributed by atoms with Crippen LogP contribution in [0.15, 0.2) is 30.9 Å². The van der Waals surface area contributed by atoms with Crippen molar-refractivity contribution in [1.29, 1.82) is 0 Å². The minimum atomic E-state index is -4.80. The smallest absolute Gasteiger partial charge is 0.387 e. The zero-order valence-corrected chi connectivity index (χ0v) is 17.0. The molecule has 2 aromatic heterocycles. The van der Waals surface area contributed by atoms with Gasteiger partial charge in [0.25, 0.3) is 0 Å². The van der Waals surface area contributed by atoms with Gasteiger partial charge in [-0.3, -0.25) is 9.09 Å². The fourth-order valence-electron chi connectivity index (χ4n) is 3.31. The monoisotopic (exact) mass is 473 g/mol. The van der Waals surface area contributed by atoms with Gasteiger partial charge in [-0.25, -0.2) is 28.3 Å². The Balaban J connectivity index is 1.56. The molecule has 0 aliphatic carbocycles. The van der Waals surface area contributed by atoms with Crippen LogP contribution in [0.25, 0.3) is 11.2 Å². The number of anilines is 1. The third-order valence-corrected chi connectivity index (χ3v) is 5.36. The van der Waals surface area contributed by atoms with E-state index in [2.05, 4.69) is 24.8 Å². The summed E-state index contributed by atoms with van der Waals surface area (Å²) in [5, 5.41) is 23.3. The molecule has 4 rings (SSSR count). The van der Waals surface area contributed by atoms with Gasteiger partial charge in [-0.15, -0.1) is 0 Å². The van der Waals surface area contributed by atoms with Crippen LogP contribution in [0, 0.1) is 11.6 Å². The van der Waals surface area contributed by atoms with E-state index in [-0.39, 0.29) is 29.1 Å². The minimum absolute atomic E-state index is 0.158. The van der Waals surface area contributed by atoms with Gasteiger partial charge in [0.15, 0.2) is 23.2 Å². The number of ether oxygens (including phenoxy) is 1. The number of phosphoric acid groups is 1. The van der Waals surface area contributed by atoms with Crippen molar-refractivity contribution in [3.8, 4) is 0 Å². The predicted molar refractivity (Wildman–Crippen MR) is 103 cm³/mol. The number of aromatic nitrogens is 4. The lowest BCUT2D eigenvalue weighted by molar-refractivity contribution is -0.0504. The van der Waals surface area contributed by atoms with Crippen LogP contribution < -0.4 is 5.32 Å². The summed E-state index contributed by atoms with van der Waals surface area (Å²) < 4.78 is 49.8. The number of nitrogens with one attached hydrogen (secondary N) is 1. The molecule has 1 saturated heterocycles. The molecule has 0 spiro atoms. The molecule has 3 aromatic rings. The van der Waals surface area contributed by atoms with E-state index in [1.807, 2.05) is 0 Å². The van der Waals surface area contributed by atoms with E-state index >= 15 is 0 Å². The summed E-state index contributed by atoms with van der Waals surface area (Å²) in [6, 6.07) is 3.50. The normalized spacial score (nSPS) is 23.7. The number of fused-ring (bicyclic) bond motifs is 1. The highest BCUT2D eigenvalue weighted by atomic mass is 31.2. The van der Waals surface area contributed by atoms with E-state index in [9.17, 15) is 23.6 Å². The Kier molecular flexibility index (Phi) is 6.18. The molecule has 3 heterocycles. The van der Waals surface area contributed by atoms with Gasteiger partial charge in [-0.05, 0) is 12.1 Å². The lowest BCUT2D eigenvalue weighted by atomic mass is 10.1. The van der Waals surface area contributed by atoms with Crippen molar-refractivity contribution in [2.45, 2.75) is 31.1 Å². The van der Waals surface area contributed by atoms with Gasteiger partial charge in [0.1, 0.15) is 36.3 Å². The topological polar surface area (TPSA) is 172 Å². The third kappa shape index (κ3) is 4.47. The van der Waals surface area contributed by atoms with Crippen molar-refractivity contribution < 1.29 is 42.6 Å². The number of halogens is 2. The summed E-state index contributed by atoms with van der Waals surface area (Å²) in [7, 11) is -4.80. The number of phosphoric ester groups is 1. The maximum Gasteiger partial charge on any atom is 0.469 e. The van der Waals surface area contributed by atoms with Crippen LogP contribution in [0.5, 0.6) is 0 Å². The Labute approximate surface area is 178 Å². The lowest BCUT2D eigenvalue weighted by Crippen LogP contribution is -2.33. The van der Waals surface area contributed by atoms with E-state index in [1.54, 1.807) is 0 Å². The van der Waals surface area contributed by atoms with Gasteiger partial charge < -0.3 is 30.1 Å². The van der Waals surface area contributed by atoms with Gasteiger partial charge in [0.05, 0.1) is 12.9 Å². The van der Waals surface area contributed by atoms with Crippen molar-refractivity contribution in [1.82, 2.24) is 19.5 Å². The van der Waals surface area contributed by atoms with Crippen molar-refractivity contribution >= 4 is 24.8 Å². The van der Waals surface area contributed by atoms with Crippen molar-refractivity contribution in [2.75, 3.05) is 11.9 Å². The van der Waals surface area contributed by atoms with E-state index in [4.69, 9.17) is 14.5 Å². The van der Waals surface area contributed by atoms with Crippen molar-refractivity contribution in [3.63, 3.8) is 0 Å².